The Morgan fingerprint density at radius 1 is 1.06 bits per heavy atom. The Hall–Kier alpha value is -3.44. The van der Waals surface area contributed by atoms with Crippen molar-refractivity contribution >= 4 is 27.5 Å². The summed E-state index contributed by atoms with van der Waals surface area (Å²) < 4.78 is 8.68. The summed E-state index contributed by atoms with van der Waals surface area (Å²) >= 11 is 1.49. The lowest BCUT2D eigenvalue weighted by atomic mass is 9.91. The highest BCUT2D eigenvalue weighted by atomic mass is 32.1. The summed E-state index contributed by atoms with van der Waals surface area (Å²) in [5.41, 5.74) is 2.87. The number of ether oxygens (including phenoxy) is 1. The maximum Gasteiger partial charge on any atom is 0.260 e. The van der Waals surface area contributed by atoms with Crippen molar-refractivity contribution in [1.82, 2.24) is 4.57 Å². The van der Waals surface area contributed by atoms with Gasteiger partial charge in [-0.25, -0.2) is 0 Å². The minimum Gasteiger partial charge on any atom is -0.494 e. The van der Waals surface area contributed by atoms with Gasteiger partial charge in [0, 0.05) is 6.54 Å². The number of benzene rings is 3. The largest absolute Gasteiger partial charge is 0.494 e. The van der Waals surface area contributed by atoms with E-state index in [1.807, 2.05) is 96.4 Å². The molecule has 0 spiro atoms. The van der Waals surface area contributed by atoms with Crippen LogP contribution in [0.25, 0.3) is 10.2 Å². The number of nitrogens with zero attached hydrogens (tertiary/aromatic N) is 2. The summed E-state index contributed by atoms with van der Waals surface area (Å²) in [7, 11) is 0. The molecule has 4 aromatic rings. The Morgan fingerprint density at radius 3 is 2.29 bits per heavy atom. The van der Waals surface area contributed by atoms with Gasteiger partial charge in [0.1, 0.15) is 5.75 Å². The van der Waals surface area contributed by atoms with Crippen LogP contribution in [0.3, 0.4) is 0 Å². The molecule has 0 aliphatic heterocycles. The Morgan fingerprint density at radius 2 is 1.71 bits per heavy atom. The van der Waals surface area contributed by atoms with Crippen molar-refractivity contribution in [2.75, 3.05) is 6.61 Å². The van der Waals surface area contributed by atoms with Crippen molar-refractivity contribution in [1.29, 1.82) is 0 Å². The number of thiazole rings is 1. The fourth-order valence-electron chi connectivity index (χ4n) is 3.63. The summed E-state index contributed by atoms with van der Waals surface area (Å²) in [6.07, 6.45) is 1.82. The van der Waals surface area contributed by atoms with Crippen molar-refractivity contribution in [3.63, 3.8) is 0 Å². The van der Waals surface area contributed by atoms with Crippen molar-refractivity contribution in [3.8, 4) is 5.75 Å². The molecule has 0 aliphatic rings. The van der Waals surface area contributed by atoms with Gasteiger partial charge in [-0.3, -0.25) is 4.79 Å². The molecule has 1 amide bonds. The Balaban J connectivity index is 1.84. The molecule has 5 heteroatoms. The van der Waals surface area contributed by atoms with Crippen LogP contribution in [-0.4, -0.2) is 17.1 Å². The highest BCUT2D eigenvalue weighted by Crippen LogP contribution is 2.27. The van der Waals surface area contributed by atoms with E-state index < -0.39 is 5.92 Å². The second-order valence-electron chi connectivity index (χ2n) is 7.05. The zero-order chi connectivity index (χ0) is 21.6. The lowest BCUT2D eigenvalue weighted by molar-refractivity contribution is -0.118. The molecule has 3 aromatic carbocycles. The Labute approximate surface area is 185 Å². The van der Waals surface area contributed by atoms with E-state index in [1.54, 1.807) is 0 Å². The predicted molar refractivity (Wildman–Crippen MR) is 126 cm³/mol. The van der Waals surface area contributed by atoms with Crippen LogP contribution in [0.15, 0.2) is 96.5 Å². The molecule has 4 nitrogen and oxygen atoms in total. The first-order valence-electron chi connectivity index (χ1n) is 10.3. The van der Waals surface area contributed by atoms with E-state index in [0.29, 0.717) is 18.0 Å². The molecule has 0 aliphatic carbocycles. The molecular weight excluding hydrogens is 404 g/mol. The molecule has 1 heterocycles. The molecule has 0 N–H and O–H groups in total. The number of allylic oxidation sites excluding steroid dienone is 1. The lowest BCUT2D eigenvalue weighted by Crippen LogP contribution is -2.20. The number of hydrogen-bond donors (Lipinski definition) is 0. The fraction of sp³-hybridized carbons (Fsp3) is 0.154. The molecular formula is C26H24N2O2S. The first-order valence-corrected chi connectivity index (χ1v) is 11.1. The average molecular weight is 429 g/mol. The summed E-state index contributed by atoms with van der Waals surface area (Å²) in [5.74, 6) is 0.168. The standard InChI is InChI=1S/C26H24N2O2S/c1-3-17-28-22-16-15-21(30-4-2)18-23(22)31-26(28)27-25(29)24(19-11-7-5-8-12-19)20-13-9-6-10-14-20/h3,5-16,18,24H,1,4,17H2,2H3. The molecule has 31 heavy (non-hydrogen) atoms. The van der Waals surface area contributed by atoms with Gasteiger partial charge >= 0.3 is 0 Å². The van der Waals surface area contributed by atoms with Crippen LogP contribution in [0.2, 0.25) is 0 Å². The highest BCUT2D eigenvalue weighted by molar-refractivity contribution is 7.16. The van der Waals surface area contributed by atoms with Gasteiger partial charge in [0.25, 0.3) is 5.91 Å². The fourth-order valence-corrected chi connectivity index (χ4v) is 4.70. The van der Waals surface area contributed by atoms with Crippen molar-refractivity contribution < 1.29 is 9.53 Å². The summed E-state index contributed by atoms with van der Waals surface area (Å²) in [5, 5.41) is 0. The van der Waals surface area contributed by atoms with Crippen molar-refractivity contribution in [2.24, 2.45) is 4.99 Å². The number of hydrogen-bond acceptors (Lipinski definition) is 3. The third kappa shape index (κ3) is 4.52. The third-order valence-corrected chi connectivity index (χ3v) is 6.04. The highest BCUT2D eigenvalue weighted by Gasteiger charge is 2.22. The van der Waals surface area contributed by atoms with Crippen LogP contribution in [0.1, 0.15) is 24.0 Å². The molecule has 0 atom stereocenters. The first-order chi connectivity index (χ1) is 15.2. The third-order valence-electron chi connectivity index (χ3n) is 5.00. The van der Waals surface area contributed by atoms with Crippen LogP contribution < -0.4 is 9.54 Å². The molecule has 0 saturated carbocycles. The van der Waals surface area contributed by atoms with E-state index >= 15 is 0 Å². The van der Waals surface area contributed by atoms with E-state index in [9.17, 15) is 4.79 Å². The van der Waals surface area contributed by atoms with Gasteiger partial charge < -0.3 is 9.30 Å². The quantitative estimate of drug-likeness (QED) is 0.362. The zero-order valence-corrected chi connectivity index (χ0v) is 18.2. The number of fused-ring (bicyclic) bond motifs is 1. The van der Waals surface area contributed by atoms with E-state index in [1.165, 1.54) is 11.3 Å². The summed E-state index contributed by atoms with van der Waals surface area (Å²) in [4.78, 5) is 18.7. The first kappa shape index (κ1) is 20.8. The molecule has 0 bridgehead atoms. The second-order valence-corrected chi connectivity index (χ2v) is 8.06. The molecule has 4 rings (SSSR count). The Bertz CT molecular complexity index is 1220. The normalized spacial score (nSPS) is 11.7. The van der Waals surface area contributed by atoms with Crippen LogP contribution in [0.4, 0.5) is 0 Å². The van der Waals surface area contributed by atoms with Gasteiger partial charge in [-0.05, 0) is 36.2 Å². The van der Waals surface area contributed by atoms with Gasteiger partial charge in [0.15, 0.2) is 4.80 Å². The topological polar surface area (TPSA) is 43.6 Å². The van der Waals surface area contributed by atoms with Gasteiger partial charge in [-0.1, -0.05) is 78.1 Å². The van der Waals surface area contributed by atoms with Crippen molar-refractivity contribution in [2.45, 2.75) is 19.4 Å². The Kier molecular flexibility index (Phi) is 6.43. The van der Waals surface area contributed by atoms with E-state index in [4.69, 9.17) is 4.74 Å². The minimum absolute atomic E-state index is 0.188. The number of rotatable bonds is 7. The number of carbonyl (C=O) groups is 1. The van der Waals surface area contributed by atoms with E-state index in [-0.39, 0.29) is 5.91 Å². The van der Waals surface area contributed by atoms with Crippen molar-refractivity contribution in [3.05, 3.63) is 107 Å². The monoisotopic (exact) mass is 428 g/mol. The molecule has 1 aromatic heterocycles. The van der Waals surface area contributed by atoms with Gasteiger partial charge in [0.05, 0.1) is 22.7 Å². The smallest absolute Gasteiger partial charge is 0.260 e. The van der Waals surface area contributed by atoms with E-state index in [0.717, 1.165) is 27.1 Å². The molecule has 0 unspecified atom stereocenters. The molecule has 0 saturated heterocycles. The SMILES string of the molecule is C=CCn1c(=NC(=O)C(c2ccccc2)c2ccccc2)sc2cc(OCC)ccc21. The second kappa shape index (κ2) is 9.58. The number of amides is 1. The van der Waals surface area contributed by atoms with Crippen LogP contribution in [-0.2, 0) is 11.3 Å². The molecule has 156 valence electrons. The lowest BCUT2D eigenvalue weighted by Gasteiger charge is -2.14. The van der Waals surface area contributed by atoms with Gasteiger partial charge in [0.2, 0.25) is 0 Å². The predicted octanol–water partition coefficient (Wildman–Crippen LogP) is 5.55. The maximum absolute atomic E-state index is 13.5. The summed E-state index contributed by atoms with van der Waals surface area (Å²) in [6.45, 7) is 7.01. The van der Waals surface area contributed by atoms with Crippen LogP contribution >= 0.6 is 11.3 Å². The molecule has 0 radical (unpaired) electrons. The number of aromatic nitrogens is 1. The number of carbonyl (C=O) groups excluding carboxylic acids is 1. The van der Waals surface area contributed by atoms with Gasteiger partial charge in [-0.15, -0.1) is 6.58 Å². The minimum atomic E-state index is -0.455. The van der Waals surface area contributed by atoms with Crippen LogP contribution in [0.5, 0.6) is 5.75 Å². The maximum atomic E-state index is 13.5. The van der Waals surface area contributed by atoms with Gasteiger partial charge in [-0.2, -0.15) is 4.99 Å². The average Bonchev–Trinajstić information content (AvgIpc) is 3.12. The molecule has 0 fully saturated rings. The zero-order valence-electron chi connectivity index (χ0n) is 17.4. The summed E-state index contributed by atoms with van der Waals surface area (Å²) in [6, 6.07) is 25.6. The van der Waals surface area contributed by atoms with E-state index in [2.05, 4.69) is 11.6 Å². The van der Waals surface area contributed by atoms with Crippen LogP contribution in [0, 0.1) is 0 Å².